The smallest absolute Gasteiger partial charge is 0.175 e. The molecule has 3 aromatic rings. The van der Waals surface area contributed by atoms with Crippen molar-refractivity contribution in [1.29, 1.82) is 0 Å². The van der Waals surface area contributed by atoms with Gasteiger partial charge in [0.25, 0.3) is 0 Å². The average Bonchev–Trinajstić information content (AvgIpc) is 2.60. The number of hydrogen-bond acceptors (Lipinski definition) is 5. The second kappa shape index (κ2) is 6.37. The van der Waals surface area contributed by atoms with Gasteiger partial charge in [0.05, 0.1) is 24.8 Å². The van der Waals surface area contributed by atoms with Crippen LogP contribution in [-0.4, -0.2) is 33.9 Å². The first-order chi connectivity index (χ1) is 11.8. The lowest BCUT2D eigenvalue weighted by Crippen LogP contribution is -1.97. The first kappa shape index (κ1) is 17.2. The predicted molar refractivity (Wildman–Crippen MR) is 98.1 cm³/mol. The van der Waals surface area contributed by atoms with Crippen LogP contribution < -0.4 is 9.47 Å². The molecule has 0 amide bonds. The maximum absolute atomic E-state index is 11.6. The van der Waals surface area contributed by atoms with E-state index in [1.54, 1.807) is 44.6 Å². The van der Waals surface area contributed by atoms with Gasteiger partial charge in [0.15, 0.2) is 9.84 Å². The lowest BCUT2D eigenvalue weighted by atomic mass is 10.0. The molecule has 0 aliphatic heterocycles. The van der Waals surface area contributed by atoms with Crippen molar-refractivity contribution in [3.8, 4) is 22.8 Å². The molecule has 130 valence electrons. The molecule has 25 heavy (non-hydrogen) atoms. The molecule has 0 fully saturated rings. The zero-order valence-corrected chi connectivity index (χ0v) is 15.3. The zero-order chi connectivity index (χ0) is 18.2. The summed E-state index contributed by atoms with van der Waals surface area (Å²) in [5.41, 5.74) is 3.37. The van der Waals surface area contributed by atoms with Gasteiger partial charge in [0, 0.05) is 23.3 Å². The lowest BCUT2D eigenvalue weighted by molar-refractivity contribution is 0.397. The molecule has 1 aromatic heterocycles. The monoisotopic (exact) mass is 357 g/mol. The highest BCUT2D eigenvalue weighted by Gasteiger charge is 2.13. The molecular formula is C19H19NO4S. The molecule has 0 aliphatic carbocycles. The highest BCUT2D eigenvalue weighted by Crippen LogP contribution is 2.34. The summed E-state index contributed by atoms with van der Waals surface area (Å²) in [6, 6.07) is 12.4. The number of aryl methyl sites for hydroxylation is 1. The molecular weight excluding hydrogens is 338 g/mol. The molecule has 6 heteroatoms. The molecule has 0 saturated carbocycles. The maximum Gasteiger partial charge on any atom is 0.175 e. The molecule has 0 aliphatic rings. The molecule has 0 atom stereocenters. The normalized spacial score (nSPS) is 11.5. The van der Waals surface area contributed by atoms with E-state index in [2.05, 4.69) is 0 Å². The van der Waals surface area contributed by atoms with Crippen molar-refractivity contribution in [2.45, 2.75) is 11.8 Å². The van der Waals surface area contributed by atoms with Crippen LogP contribution in [0.15, 0.2) is 47.4 Å². The van der Waals surface area contributed by atoms with Gasteiger partial charge in [-0.2, -0.15) is 0 Å². The Labute approximate surface area is 147 Å². The summed E-state index contributed by atoms with van der Waals surface area (Å²) in [6.45, 7) is 2.00. The summed E-state index contributed by atoms with van der Waals surface area (Å²) in [5, 5.41) is 0.952. The van der Waals surface area contributed by atoms with E-state index in [1.165, 1.54) is 6.26 Å². The number of pyridine rings is 1. The number of methoxy groups -OCH3 is 2. The Hall–Kier alpha value is -2.60. The highest BCUT2D eigenvalue weighted by molar-refractivity contribution is 7.90. The number of rotatable bonds is 4. The largest absolute Gasteiger partial charge is 0.497 e. The Morgan fingerprint density at radius 1 is 0.960 bits per heavy atom. The van der Waals surface area contributed by atoms with E-state index in [4.69, 9.17) is 14.5 Å². The van der Waals surface area contributed by atoms with Crippen LogP contribution in [0.4, 0.5) is 0 Å². The van der Waals surface area contributed by atoms with Crippen molar-refractivity contribution in [3.05, 3.63) is 48.0 Å². The summed E-state index contributed by atoms with van der Waals surface area (Å²) in [4.78, 5) is 5.00. The summed E-state index contributed by atoms with van der Waals surface area (Å²) >= 11 is 0. The third-order valence-corrected chi connectivity index (χ3v) is 5.22. The number of sulfone groups is 1. The Kier molecular flexibility index (Phi) is 4.39. The summed E-state index contributed by atoms with van der Waals surface area (Å²) < 4.78 is 34.0. The van der Waals surface area contributed by atoms with E-state index in [0.717, 1.165) is 27.7 Å². The Morgan fingerprint density at radius 3 is 2.20 bits per heavy atom. The number of ether oxygens (including phenoxy) is 2. The minimum Gasteiger partial charge on any atom is -0.497 e. The van der Waals surface area contributed by atoms with E-state index in [1.807, 2.05) is 19.1 Å². The standard InChI is InChI=1S/C19H19NO4S/c1-12-9-17(13-5-7-15(8-6-13)25(4,21)22)20-19-16(12)10-14(23-2)11-18(19)24-3/h5-11H,1-4H3. The van der Waals surface area contributed by atoms with Crippen LogP contribution in [-0.2, 0) is 9.84 Å². The van der Waals surface area contributed by atoms with Crippen LogP contribution in [0.3, 0.4) is 0 Å². The molecule has 5 nitrogen and oxygen atoms in total. The van der Waals surface area contributed by atoms with Crippen molar-refractivity contribution in [2.24, 2.45) is 0 Å². The molecule has 1 heterocycles. The second-order valence-corrected chi connectivity index (χ2v) is 7.86. The average molecular weight is 357 g/mol. The maximum atomic E-state index is 11.6. The summed E-state index contributed by atoms with van der Waals surface area (Å²) in [6.07, 6.45) is 1.19. The van der Waals surface area contributed by atoms with Crippen LogP contribution in [0.1, 0.15) is 5.56 Å². The first-order valence-electron chi connectivity index (χ1n) is 7.67. The van der Waals surface area contributed by atoms with E-state index < -0.39 is 9.84 Å². The minimum atomic E-state index is -3.22. The van der Waals surface area contributed by atoms with Crippen LogP contribution in [0, 0.1) is 6.92 Å². The van der Waals surface area contributed by atoms with Gasteiger partial charge in [-0.15, -0.1) is 0 Å². The van der Waals surface area contributed by atoms with Gasteiger partial charge in [-0.05, 0) is 36.8 Å². The zero-order valence-electron chi connectivity index (χ0n) is 14.5. The van der Waals surface area contributed by atoms with Gasteiger partial charge in [-0.1, -0.05) is 12.1 Å². The van der Waals surface area contributed by atoms with Gasteiger partial charge < -0.3 is 9.47 Å². The molecule has 0 saturated heterocycles. The van der Waals surface area contributed by atoms with E-state index >= 15 is 0 Å². The van der Waals surface area contributed by atoms with Gasteiger partial charge in [-0.3, -0.25) is 0 Å². The van der Waals surface area contributed by atoms with Gasteiger partial charge in [-0.25, -0.2) is 13.4 Å². The lowest BCUT2D eigenvalue weighted by Gasteiger charge is -2.12. The number of aromatic nitrogens is 1. The number of nitrogens with zero attached hydrogens (tertiary/aromatic N) is 1. The minimum absolute atomic E-state index is 0.288. The van der Waals surface area contributed by atoms with Gasteiger partial charge >= 0.3 is 0 Å². The third-order valence-electron chi connectivity index (χ3n) is 4.09. The summed E-state index contributed by atoms with van der Waals surface area (Å²) in [5.74, 6) is 1.34. The molecule has 3 rings (SSSR count). The number of benzene rings is 2. The van der Waals surface area contributed by atoms with Crippen molar-refractivity contribution in [2.75, 3.05) is 20.5 Å². The van der Waals surface area contributed by atoms with Crippen molar-refractivity contribution in [1.82, 2.24) is 4.98 Å². The molecule has 0 unspecified atom stereocenters. The number of hydrogen-bond donors (Lipinski definition) is 0. The van der Waals surface area contributed by atoms with Crippen LogP contribution in [0.25, 0.3) is 22.2 Å². The number of fused-ring (bicyclic) bond motifs is 1. The highest BCUT2D eigenvalue weighted by atomic mass is 32.2. The molecule has 0 N–H and O–H groups in total. The quantitative estimate of drug-likeness (QED) is 0.713. The van der Waals surface area contributed by atoms with Crippen molar-refractivity contribution < 1.29 is 17.9 Å². The second-order valence-electron chi connectivity index (χ2n) is 5.85. The van der Waals surface area contributed by atoms with E-state index in [9.17, 15) is 8.42 Å². The molecule has 0 radical (unpaired) electrons. The van der Waals surface area contributed by atoms with Crippen molar-refractivity contribution in [3.63, 3.8) is 0 Å². The summed E-state index contributed by atoms with van der Waals surface area (Å²) in [7, 11) is -0.00907. The van der Waals surface area contributed by atoms with Crippen LogP contribution in [0.5, 0.6) is 11.5 Å². The Morgan fingerprint density at radius 2 is 1.64 bits per heavy atom. The fourth-order valence-corrected chi connectivity index (χ4v) is 3.36. The fraction of sp³-hybridized carbons (Fsp3) is 0.211. The SMILES string of the molecule is COc1cc(OC)c2nc(-c3ccc(S(C)(=O)=O)cc3)cc(C)c2c1. The third kappa shape index (κ3) is 3.30. The van der Waals surface area contributed by atoms with E-state index in [0.29, 0.717) is 11.5 Å². The van der Waals surface area contributed by atoms with E-state index in [-0.39, 0.29) is 4.90 Å². The van der Waals surface area contributed by atoms with Gasteiger partial charge in [0.1, 0.15) is 17.0 Å². The Balaban J connectivity index is 2.18. The first-order valence-corrected chi connectivity index (χ1v) is 9.56. The van der Waals surface area contributed by atoms with Gasteiger partial charge in [0.2, 0.25) is 0 Å². The van der Waals surface area contributed by atoms with Crippen LogP contribution in [0.2, 0.25) is 0 Å². The molecule has 0 spiro atoms. The topological polar surface area (TPSA) is 65.5 Å². The molecule has 0 bridgehead atoms. The van der Waals surface area contributed by atoms with Crippen LogP contribution >= 0.6 is 0 Å². The fourth-order valence-electron chi connectivity index (χ4n) is 2.73. The predicted octanol–water partition coefficient (Wildman–Crippen LogP) is 3.63. The molecule has 2 aromatic carbocycles. The Bertz CT molecular complexity index is 1040. The van der Waals surface area contributed by atoms with Crippen molar-refractivity contribution >= 4 is 20.7 Å².